The van der Waals surface area contributed by atoms with Gasteiger partial charge in [-0.05, 0) is 55.5 Å². The maximum Gasteiger partial charge on any atom is 0.262 e. The second kappa shape index (κ2) is 9.37. The molecular weight excluding hydrogens is 510 g/mol. The molecule has 7 rings (SSSR count). The van der Waals surface area contributed by atoms with Gasteiger partial charge in [-0.1, -0.05) is 12.1 Å². The Morgan fingerprint density at radius 1 is 0.950 bits per heavy atom. The van der Waals surface area contributed by atoms with Gasteiger partial charge in [-0.25, -0.2) is 4.98 Å². The zero-order chi connectivity index (χ0) is 27.4. The van der Waals surface area contributed by atoms with E-state index in [0.29, 0.717) is 12.0 Å². The van der Waals surface area contributed by atoms with E-state index in [0.717, 1.165) is 52.3 Å². The Labute approximate surface area is 228 Å². The SMILES string of the molecule is O=C1CCC(N2C(=O)c3ccc(NC[C@H]4C[C@H](n5cc(-c6cnc7ccccc7n6)cn5)C4)cc3C2=O)C(=O)N1. The minimum Gasteiger partial charge on any atom is -0.385 e. The predicted molar refractivity (Wildman–Crippen MR) is 144 cm³/mol. The first-order chi connectivity index (χ1) is 19.4. The molecule has 4 heterocycles. The van der Waals surface area contributed by atoms with Gasteiger partial charge in [0.2, 0.25) is 11.8 Å². The Hall–Kier alpha value is -4.93. The van der Waals surface area contributed by atoms with Gasteiger partial charge in [0.25, 0.3) is 11.8 Å². The Morgan fingerprint density at radius 2 is 1.75 bits per heavy atom. The number of fused-ring (bicyclic) bond motifs is 2. The van der Waals surface area contributed by atoms with E-state index < -0.39 is 29.7 Å². The second-order valence-electron chi connectivity index (χ2n) is 10.5. The van der Waals surface area contributed by atoms with Crippen LogP contribution >= 0.6 is 0 Å². The molecular formula is C29H25N7O4. The molecule has 1 unspecified atom stereocenters. The highest BCUT2D eigenvalue weighted by Crippen LogP contribution is 2.38. The number of carbonyl (C=O) groups excluding carboxylic acids is 4. The van der Waals surface area contributed by atoms with Crippen LogP contribution in [0.2, 0.25) is 0 Å². The fraction of sp³-hybridized carbons (Fsp3) is 0.276. The fourth-order valence-electron chi connectivity index (χ4n) is 5.69. The van der Waals surface area contributed by atoms with E-state index in [1.807, 2.05) is 41.3 Å². The third-order valence-corrected chi connectivity index (χ3v) is 7.97. The molecule has 2 aromatic carbocycles. The molecule has 40 heavy (non-hydrogen) atoms. The third-order valence-electron chi connectivity index (χ3n) is 7.97. The number of rotatable bonds is 6. The highest BCUT2D eigenvalue weighted by atomic mass is 16.2. The monoisotopic (exact) mass is 535 g/mol. The smallest absolute Gasteiger partial charge is 0.262 e. The number of carbonyl (C=O) groups is 4. The van der Waals surface area contributed by atoms with Crippen LogP contribution in [0.15, 0.2) is 61.1 Å². The number of hydrogen-bond donors (Lipinski definition) is 2. The van der Waals surface area contributed by atoms with Gasteiger partial charge < -0.3 is 5.32 Å². The molecule has 0 bridgehead atoms. The van der Waals surface area contributed by atoms with E-state index in [2.05, 4.69) is 20.7 Å². The summed E-state index contributed by atoms with van der Waals surface area (Å²) in [5.74, 6) is -1.58. The molecule has 1 saturated heterocycles. The summed E-state index contributed by atoms with van der Waals surface area (Å²) in [4.78, 5) is 59.9. The summed E-state index contributed by atoms with van der Waals surface area (Å²) >= 11 is 0. The molecule has 200 valence electrons. The van der Waals surface area contributed by atoms with E-state index in [-0.39, 0.29) is 24.0 Å². The van der Waals surface area contributed by atoms with E-state index in [4.69, 9.17) is 4.98 Å². The molecule has 2 fully saturated rings. The predicted octanol–water partition coefficient (Wildman–Crippen LogP) is 2.96. The molecule has 2 aromatic heterocycles. The van der Waals surface area contributed by atoms with Crippen molar-refractivity contribution in [1.29, 1.82) is 0 Å². The van der Waals surface area contributed by atoms with Crippen LogP contribution in [0.4, 0.5) is 5.69 Å². The van der Waals surface area contributed by atoms with E-state index in [1.165, 1.54) is 0 Å². The standard InChI is InChI=1S/C29H25N7O4/c37-26-8-7-25(27(38)34-26)36-28(39)20-6-5-18(11-21(20)29(36)40)30-12-16-9-19(10-16)35-15-17(13-32-35)24-14-31-22-3-1-2-4-23(22)33-24/h1-6,11,13-16,19,25,30H,7-10,12H2,(H,34,37,38)/t16-,19-,25?. The lowest BCUT2D eigenvalue weighted by molar-refractivity contribution is -0.136. The van der Waals surface area contributed by atoms with Crippen LogP contribution in [0.5, 0.6) is 0 Å². The Balaban J connectivity index is 0.963. The zero-order valence-corrected chi connectivity index (χ0v) is 21.4. The largest absolute Gasteiger partial charge is 0.385 e. The van der Waals surface area contributed by atoms with Gasteiger partial charge in [0.15, 0.2) is 0 Å². The van der Waals surface area contributed by atoms with Crippen LogP contribution in [-0.4, -0.2) is 60.9 Å². The first-order valence-corrected chi connectivity index (χ1v) is 13.3. The summed E-state index contributed by atoms with van der Waals surface area (Å²) < 4.78 is 1.99. The van der Waals surface area contributed by atoms with Crippen molar-refractivity contribution in [2.45, 2.75) is 37.8 Å². The molecule has 11 heteroatoms. The van der Waals surface area contributed by atoms with E-state index in [9.17, 15) is 19.2 Å². The molecule has 1 aliphatic carbocycles. The van der Waals surface area contributed by atoms with Crippen LogP contribution in [0.1, 0.15) is 52.4 Å². The van der Waals surface area contributed by atoms with Gasteiger partial charge in [-0.2, -0.15) is 5.10 Å². The average molecular weight is 536 g/mol. The first kappa shape index (κ1) is 24.1. The summed E-state index contributed by atoms with van der Waals surface area (Å²) in [5, 5.41) is 10.2. The lowest BCUT2D eigenvalue weighted by Crippen LogP contribution is -2.54. The average Bonchev–Trinajstić information content (AvgIpc) is 3.51. The molecule has 1 atom stereocenters. The number of aromatic nitrogens is 4. The van der Waals surface area contributed by atoms with Crippen molar-refractivity contribution in [3.8, 4) is 11.3 Å². The van der Waals surface area contributed by atoms with E-state index in [1.54, 1.807) is 24.4 Å². The highest BCUT2D eigenvalue weighted by Gasteiger charge is 2.44. The molecule has 1 saturated carbocycles. The van der Waals surface area contributed by atoms with Gasteiger partial charge in [0.05, 0.1) is 46.3 Å². The van der Waals surface area contributed by atoms with Gasteiger partial charge in [0, 0.05) is 30.4 Å². The minimum atomic E-state index is -0.968. The number of imide groups is 2. The Kier molecular flexibility index (Phi) is 5.65. The van der Waals surface area contributed by atoms with Gasteiger partial charge in [0.1, 0.15) is 6.04 Å². The van der Waals surface area contributed by atoms with Crippen LogP contribution in [-0.2, 0) is 9.59 Å². The maximum atomic E-state index is 13.1. The van der Waals surface area contributed by atoms with Crippen molar-refractivity contribution >= 4 is 40.3 Å². The molecule has 4 amide bonds. The van der Waals surface area contributed by atoms with Crippen LogP contribution in [0.3, 0.4) is 0 Å². The number of benzene rings is 2. The quantitative estimate of drug-likeness (QED) is 0.359. The highest BCUT2D eigenvalue weighted by molar-refractivity contribution is 6.23. The number of anilines is 1. The summed E-state index contributed by atoms with van der Waals surface area (Å²) in [6.45, 7) is 0.721. The lowest BCUT2D eigenvalue weighted by atomic mass is 9.80. The zero-order valence-electron chi connectivity index (χ0n) is 21.4. The summed E-state index contributed by atoms with van der Waals surface area (Å²) in [7, 11) is 0. The molecule has 3 aliphatic rings. The summed E-state index contributed by atoms with van der Waals surface area (Å²) in [6.07, 6.45) is 7.77. The second-order valence-corrected chi connectivity index (χ2v) is 10.5. The van der Waals surface area contributed by atoms with Crippen LogP contribution < -0.4 is 10.6 Å². The van der Waals surface area contributed by atoms with Crippen molar-refractivity contribution in [1.82, 2.24) is 30.0 Å². The fourth-order valence-corrected chi connectivity index (χ4v) is 5.69. The molecule has 4 aromatic rings. The van der Waals surface area contributed by atoms with Crippen molar-refractivity contribution in [2.24, 2.45) is 5.92 Å². The number of piperidine rings is 1. The summed E-state index contributed by atoms with van der Waals surface area (Å²) in [6, 6.07) is 12.2. The van der Waals surface area contributed by atoms with E-state index >= 15 is 0 Å². The number of nitrogens with one attached hydrogen (secondary N) is 2. The van der Waals surface area contributed by atoms with Gasteiger partial charge in [-0.15, -0.1) is 0 Å². The topological polar surface area (TPSA) is 139 Å². The van der Waals surface area contributed by atoms with Crippen LogP contribution in [0, 0.1) is 5.92 Å². The lowest BCUT2D eigenvalue weighted by Gasteiger charge is -2.35. The molecule has 0 radical (unpaired) electrons. The molecule has 0 spiro atoms. The Bertz CT molecular complexity index is 1710. The minimum absolute atomic E-state index is 0.0936. The molecule has 2 N–H and O–H groups in total. The maximum absolute atomic E-state index is 13.1. The Morgan fingerprint density at radius 3 is 2.58 bits per heavy atom. The third kappa shape index (κ3) is 4.10. The van der Waals surface area contributed by atoms with Crippen molar-refractivity contribution in [3.05, 3.63) is 72.2 Å². The number of amides is 4. The van der Waals surface area contributed by atoms with Gasteiger partial charge in [-0.3, -0.25) is 39.1 Å². The molecule has 11 nitrogen and oxygen atoms in total. The molecule has 2 aliphatic heterocycles. The number of para-hydroxylation sites is 2. The summed E-state index contributed by atoms with van der Waals surface area (Å²) in [5.41, 5.74) is 4.72. The first-order valence-electron chi connectivity index (χ1n) is 13.3. The van der Waals surface area contributed by atoms with Crippen molar-refractivity contribution < 1.29 is 19.2 Å². The number of nitrogens with zero attached hydrogens (tertiary/aromatic N) is 5. The normalized spacial score (nSPS) is 22.3. The van der Waals surface area contributed by atoms with Crippen molar-refractivity contribution in [3.63, 3.8) is 0 Å². The van der Waals surface area contributed by atoms with Crippen LogP contribution in [0.25, 0.3) is 22.3 Å². The van der Waals surface area contributed by atoms with Crippen molar-refractivity contribution in [2.75, 3.05) is 11.9 Å². The number of hydrogen-bond acceptors (Lipinski definition) is 8. The van der Waals surface area contributed by atoms with Gasteiger partial charge >= 0.3 is 0 Å².